The van der Waals surface area contributed by atoms with Gasteiger partial charge in [-0.3, -0.25) is 24.4 Å². The van der Waals surface area contributed by atoms with Gasteiger partial charge in [-0.1, -0.05) is 12.1 Å². The molecule has 0 unspecified atom stereocenters. The monoisotopic (exact) mass is 421 g/mol. The van der Waals surface area contributed by atoms with Crippen LogP contribution in [0, 0.1) is 0 Å². The van der Waals surface area contributed by atoms with Gasteiger partial charge in [0.1, 0.15) is 5.82 Å². The smallest absolute Gasteiger partial charge is 0.263 e. The van der Waals surface area contributed by atoms with Gasteiger partial charge in [0.25, 0.3) is 11.8 Å². The lowest BCUT2D eigenvalue weighted by molar-refractivity contribution is 0.0650. The van der Waals surface area contributed by atoms with Crippen LogP contribution in [0.2, 0.25) is 0 Å². The molecule has 0 spiro atoms. The van der Waals surface area contributed by atoms with E-state index in [-0.39, 0.29) is 11.8 Å². The summed E-state index contributed by atoms with van der Waals surface area (Å²) in [4.78, 5) is 34.9. The van der Waals surface area contributed by atoms with Crippen molar-refractivity contribution in [3.63, 3.8) is 0 Å². The first-order valence-electron chi connectivity index (χ1n) is 10.3. The Bertz CT molecular complexity index is 1050. The predicted octanol–water partition coefficient (Wildman–Crippen LogP) is 2.89. The van der Waals surface area contributed by atoms with Crippen LogP contribution in [0.25, 0.3) is 10.1 Å². The van der Waals surface area contributed by atoms with Crippen LogP contribution in [-0.2, 0) is 0 Å². The molecule has 0 bridgehead atoms. The van der Waals surface area contributed by atoms with E-state index >= 15 is 0 Å². The molecule has 0 atom stereocenters. The van der Waals surface area contributed by atoms with Crippen LogP contribution in [0.1, 0.15) is 33.6 Å². The van der Waals surface area contributed by atoms with Crippen molar-refractivity contribution >= 4 is 39.3 Å². The Morgan fingerprint density at radius 1 is 0.900 bits per heavy atom. The van der Waals surface area contributed by atoms with Crippen molar-refractivity contribution in [3.8, 4) is 0 Å². The molecule has 0 aliphatic carbocycles. The van der Waals surface area contributed by atoms with Crippen molar-refractivity contribution in [2.45, 2.75) is 12.8 Å². The molecule has 0 saturated carbocycles. The highest BCUT2D eigenvalue weighted by Crippen LogP contribution is 2.29. The molecule has 4 heterocycles. The number of carbonyl (C=O) groups is 2. The standard InChI is InChI=1S/C22H23N5O2S/c28-21-16-7-8-23-15-18(16)22(29)27(21)10-4-3-9-25-11-13-26(14-12-25)20-17-5-1-2-6-19(17)30-24-20/h1-2,5-8,15H,3-4,9-14H2. The number of fused-ring (bicyclic) bond motifs is 2. The molecule has 5 rings (SSSR count). The van der Waals surface area contributed by atoms with Crippen molar-refractivity contribution < 1.29 is 9.59 Å². The lowest BCUT2D eigenvalue weighted by Gasteiger charge is -2.35. The van der Waals surface area contributed by atoms with E-state index in [4.69, 9.17) is 0 Å². The molecule has 154 valence electrons. The molecule has 7 nitrogen and oxygen atoms in total. The molecule has 0 N–H and O–H groups in total. The van der Waals surface area contributed by atoms with Gasteiger partial charge in [0.15, 0.2) is 0 Å². The molecule has 2 amide bonds. The van der Waals surface area contributed by atoms with Crippen LogP contribution in [0.15, 0.2) is 42.7 Å². The SMILES string of the molecule is O=C1c2ccncc2C(=O)N1CCCCN1CCN(c2nsc3ccccc23)CC1. The minimum absolute atomic E-state index is 0.193. The lowest BCUT2D eigenvalue weighted by atomic mass is 10.2. The zero-order valence-corrected chi connectivity index (χ0v) is 17.5. The Morgan fingerprint density at radius 3 is 2.50 bits per heavy atom. The van der Waals surface area contributed by atoms with Gasteiger partial charge in [0.05, 0.1) is 15.8 Å². The third-order valence-corrected chi connectivity index (χ3v) is 6.73. The molecule has 8 heteroatoms. The third-order valence-electron chi connectivity index (χ3n) is 5.91. The van der Waals surface area contributed by atoms with E-state index in [9.17, 15) is 9.59 Å². The van der Waals surface area contributed by atoms with Crippen molar-refractivity contribution in [2.75, 3.05) is 44.2 Å². The van der Waals surface area contributed by atoms with Gasteiger partial charge in [0, 0.05) is 50.5 Å². The van der Waals surface area contributed by atoms with E-state index < -0.39 is 0 Å². The molecule has 2 aliphatic rings. The number of hydrogen-bond acceptors (Lipinski definition) is 7. The Morgan fingerprint density at radius 2 is 1.67 bits per heavy atom. The fourth-order valence-corrected chi connectivity index (χ4v) is 5.02. The summed E-state index contributed by atoms with van der Waals surface area (Å²) >= 11 is 1.56. The number of unbranched alkanes of at least 4 members (excludes halogenated alkanes) is 1. The maximum atomic E-state index is 12.4. The number of aromatic nitrogens is 2. The fraction of sp³-hybridized carbons (Fsp3) is 0.364. The van der Waals surface area contributed by atoms with E-state index in [1.165, 1.54) is 21.2 Å². The second kappa shape index (κ2) is 8.12. The van der Waals surface area contributed by atoms with Crippen LogP contribution >= 0.6 is 11.5 Å². The minimum Gasteiger partial charge on any atom is -0.353 e. The number of benzene rings is 1. The molecular weight excluding hydrogens is 398 g/mol. The Hall–Kier alpha value is -2.84. The second-order valence-corrected chi connectivity index (χ2v) is 8.53. The summed E-state index contributed by atoms with van der Waals surface area (Å²) < 4.78 is 5.91. The Balaban J connectivity index is 1.08. The average Bonchev–Trinajstić information content (AvgIpc) is 3.32. The second-order valence-electron chi connectivity index (χ2n) is 7.72. The van der Waals surface area contributed by atoms with Gasteiger partial charge in [-0.15, -0.1) is 0 Å². The van der Waals surface area contributed by atoms with E-state index in [1.807, 2.05) is 0 Å². The van der Waals surface area contributed by atoms with E-state index in [0.29, 0.717) is 17.7 Å². The summed E-state index contributed by atoms with van der Waals surface area (Å²) in [5.74, 6) is 0.698. The first-order chi connectivity index (χ1) is 14.7. The molecule has 30 heavy (non-hydrogen) atoms. The van der Waals surface area contributed by atoms with Crippen molar-refractivity contribution in [1.82, 2.24) is 19.2 Å². The van der Waals surface area contributed by atoms with Crippen LogP contribution in [0.5, 0.6) is 0 Å². The molecular formula is C22H23N5O2S. The number of rotatable bonds is 6. The summed E-state index contributed by atoms with van der Waals surface area (Å²) in [6.45, 7) is 5.40. The van der Waals surface area contributed by atoms with E-state index in [1.54, 1.807) is 23.8 Å². The van der Waals surface area contributed by atoms with Crippen molar-refractivity contribution in [1.29, 1.82) is 0 Å². The number of piperazine rings is 1. The molecule has 1 aromatic carbocycles. The Kier molecular flexibility index (Phi) is 5.18. The van der Waals surface area contributed by atoms with Crippen molar-refractivity contribution in [2.24, 2.45) is 0 Å². The molecule has 1 fully saturated rings. The number of amides is 2. The van der Waals surface area contributed by atoms with Crippen molar-refractivity contribution in [3.05, 3.63) is 53.9 Å². The topological polar surface area (TPSA) is 69.6 Å². The number of anilines is 1. The first kappa shape index (κ1) is 19.1. The van der Waals surface area contributed by atoms with Gasteiger partial charge < -0.3 is 4.90 Å². The minimum atomic E-state index is -0.216. The van der Waals surface area contributed by atoms with Crippen LogP contribution in [-0.4, -0.2) is 70.2 Å². The third kappa shape index (κ3) is 3.46. The first-order valence-corrected chi connectivity index (χ1v) is 11.1. The van der Waals surface area contributed by atoms with Crippen LogP contribution < -0.4 is 4.90 Å². The number of pyridine rings is 1. The number of carbonyl (C=O) groups excluding carboxylic acids is 2. The normalized spacial score (nSPS) is 17.2. The summed E-state index contributed by atoms with van der Waals surface area (Å²) in [6, 6.07) is 10.0. The maximum Gasteiger partial charge on any atom is 0.263 e. The zero-order chi connectivity index (χ0) is 20.5. The Labute approximate surface area is 179 Å². The summed E-state index contributed by atoms with van der Waals surface area (Å²) in [5, 5.41) is 1.24. The summed E-state index contributed by atoms with van der Waals surface area (Å²) in [5.41, 5.74) is 0.897. The quantitative estimate of drug-likeness (QED) is 0.450. The zero-order valence-electron chi connectivity index (χ0n) is 16.7. The molecule has 2 aromatic heterocycles. The number of imide groups is 1. The fourth-order valence-electron chi connectivity index (χ4n) is 4.23. The highest BCUT2D eigenvalue weighted by Gasteiger charge is 2.35. The largest absolute Gasteiger partial charge is 0.353 e. The average molecular weight is 422 g/mol. The van der Waals surface area contributed by atoms with Gasteiger partial charge in [-0.25, -0.2) is 0 Å². The van der Waals surface area contributed by atoms with Crippen LogP contribution in [0.3, 0.4) is 0 Å². The highest BCUT2D eigenvalue weighted by atomic mass is 32.1. The number of hydrogen-bond donors (Lipinski definition) is 0. The van der Waals surface area contributed by atoms with Gasteiger partial charge >= 0.3 is 0 Å². The molecule has 1 saturated heterocycles. The van der Waals surface area contributed by atoms with Crippen LogP contribution in [0.4, 0.5) is 5.82 Å². The number of nitrogens with zero attached hydrogens (tertiary/aromatic N) is 5. The van der Waals surface area contributed by atoms with E-state index in [0.717, 1.165) is 51.4 Å². The highest BCUT2D eigenvalue weighted by molar-refractivity contribution is 7.13. The summed E-state index contributed by atoms with van der Waals surface area (Å²) in [6.07, 6.45) is 4.82. The van der Waals surface area contributed by atoms with E-state index in [2.05, 4.69) is 43.4 Å². The van der Waals surface area contributed by atoms with Gasteiger partial charge in [-0.2, -0.15) is 4.37 Å². The lowest BCUT2D eigenvalue weighted by Crippen LogP contribution is -2.46. The van der Waals surface area contributed by atoms with Gasteiger partial charge in [0.2, 0.25) is 0 Å². The van der Waals surface area contributed by atoms with Gasteiger partial charge in [-0.05, 0) is 49.1 Å². The molecule has 3 aromatic rings. The predicted molar refractivity (Wildman–Crippen MR) is 117 cm³/mol. The maximum absolute atomic E-state index is 12.4. The molecule has 2 aliphatic heterocycles. The molecule has 0 radical (unpaired) electrons. The summed E-state index contributed by atoms with van der Waals surface area (Å²) in [7, 11) is 0.